The first-order valence-electron chi connectivity index (χ1n) is 9.91. The van der Waals surface area contributed by atoms with E-state index in [1.165, 1.54) is 0 Å². The molecule has 7 heteroatoms. The van der Waals surface area contributed by atoms with Crippen LogP contribution in [0.3, 0.4) is 0 Å². The van der Waals surface area contributed by atoms with E-state index < -0.39 is 5.97 Å². The van der Waals surface area contributed by atoms with Gasteiger partial charge in [-0.2, -0.15) is 0 Å². The lowest BCUT2D eigenvalue weighted by Gasteiger charge is -2.42. The summed E-state index contributed by atoms with van der Waals surface area (Å²) in [5.41, 5.74) is 2.22. The lowest BCUT2D eigenvalue weighted by molar-refractivity contribution is -0.147. The number of morpholine rings is 1. The molecule has 2 saturated heterocycles. The number of allylic oxidation sites excluding steroid dienone is 1. The van der Waals surface area contributed by atoms with Gasteiger partial charge in [-0.25, -0.2) is 4.79 Å². The van der Waals surface area contributed by atoms with Crippen molar-refractivity contribution in [2.75, 3.05) is 46.6 Å². The summed E-state index contributed by atoms with van der Waals surface area (Å²) in [6.07, 6.45) is 4.67. The van der Waals surface area contributed by atoms with E-state index in [9.17, 15) is 9.59 Å². The Morgan fingerprint density at radius 3 is 2.78 bits per heavy atom. The minimum Gasteiger partial charge on any atom is -0.460 e. The van der Waals surface area contributed by atoms with E-state index in [1.54, 1.807) is 12.0 Å². The molecule has 148 valence electrons. The Morgan fingerprint density at radius 2 is 2.07 bits per heavy atom. The van der Waals surface area contributed by atoms with Gasteiger partial charge in [-0.1, -0.05) is 6.08 Å². The SMILES string of the molecule is C/C=C1/C(=O)N2C(C(=O)OCCN3CCOCC3)=C3[C@@H](OC)CCC[C@@H]3[C@H]12. The number of rotatable bonds is 5. The molecule has 0 N–H and O–H groups in total. The third-order valence-corrected chi connectivity index (χ3v) is 6.22. The summed E-state index contributed by atoms with van der Waals surface area (Å²) in [5.74, 6) is -0.285. The molecule has 3 atom stereocenters. The second-order valence-corrected chi connectivity index (χ2v) is 7.52. The van der Waals surface area contributed by atoms with Crippen molar-refractivity contribution < 1.29 is 23.8 Å². The van der Waals surface area contributed by atoms with Gasteiger partial charge in [-0.3, -0.25) is 14.6 Å². The van der Waals surface area contributed by atoms with Gasteiger partial charge in [-0.15, -0.1) is 0 Å². The van der Waals surface area contributed by atoms with E-state index in [0.717, 1.165) is 56.7 Å². The van der Waals surface area contributed by atoms with E-state index in [1.807, 2.05) is 13.0 Å². The third kappa shape index (κ3) is 3.11. The van der Waals surface area contributed by atoms with Crippen LogP contribution in [0.2, 0.25) is 0 Å². The van der Waals surface area contributed by atoms with E-state index >= 15 is 0 Å². The molecule has 4 aliphatic rings. The molecule has 1 amide bonds. The molecule has 0 radical (unpaired) electrons. The zero-order valence-electron chi connectivity index (χ0n) is 16.1. The van der Waals surface area contributed by atoms with Crippen molar-refractivity contribution in [3.63, 3.8) is 0 Å². The second kappa shape index (κ2) is 7.73. The Hall–Kier alpha value is -1.70. The topological polar surface area (TPSA) is 68.3 Å². The Bertz CT molecular complexity index is 680. The van der Waals surface area contributed by atoms with Crippen molar-refractivity contribution in [2.45, 2.75) is 38.3 Å². The molecule has 3 aliphatic heterocycles. The van der Waals surface area contributed by atoms with E-state index in [0.29, 0.717) is 18.8 Å². The predicted octanol–water partition coefficient (Wildman–Crippen LogP) is 1.10. The van der Waals surface area contributed by atoms with E-state index in [2.05, 4.69) is 4.90 Å². The van der Waals surface area contributed by atoms with Gasteiger partial charge in [0.2, 0.25) is 0 Å². The highest BCUT2D eigenvalue weighted by Gasteiger charge is 2.58. The smallest absolute Gasteiger partial charge is 0.355 e. The number of ether oxygens (including phenoxy) is 3. The molecule has 7 nitrogen and oxygen atoms in total. The molecule has 0 unspecified atom stereocenters. The van der Waals surface area contributed by atoms with Gasteiger partial charge in [-0.05, 0) is 31.8 Å². The number of carbonyl (C=O) groups excluding carboxylic acids is 2. The third-order valence-electron chi connectivity index (χ3n) is 6.22. The number of esters is 1. The first-order valence-corrected chi connectivity index (χ1v) is 9.91. The van der Waals surface area contributed by atoms with Crippen molar-refractivity contribution in [2.24, 2.45) is 5.92 Å². The van der Waals surface area contributed by atoms with Crippen LogP contribution in [0, 0.1) is 5.92 Å². The van der Waals surface area contributed by atoms with Crippen molar-refractivity contribution in [3.05, 3.63) is 22.9 Å². The molecular weight excluding hydrogens is 348 g/mol. The fourth-order valence-corrected chi connectivity index (χ4v) is 4.89. The number of hydrogen-bond acceptors (Lipinski definition) is 6. The fraction of sp³-hybridized carbons (Fsp3) is 0.700. The van der Waals surface area contributed by atoms with Crippen molar-refractivity contribution in [3.8, 4) is 0 Å². The van der Waals surface area contributed by atoms with Crippen molar-refractivity contribution >= 4 is 11.9 Å². The van der Waals surface area contributed by atoms with Crippen LogP contribution in [0.15, 0.2) is 22.9 Å². The van der Waals surface area contributed by atoms with Gasteiger partial charge >= 0.3 is 5.97 Å². The summed E-state index contributed by atoms with van der Waals surface area (Å²) in [4.78, 5) is 29.4. The number of carbonyl (C=O) groups is 2. The second-order valence-electron chi connectivity index (χ2n) is 7.52. The standard InChI is InChI=1S/C20H28N2O5/c1-3-13-17-14-5-4-6-15(25-2)16(14)18(22(17)19(13)23)20(24)27-12-9-21-7-10-26-11-8-21/h3,14-15,17H,4-12H2,1-2H3/b13-3+/t14-,15-,17-/m0/s1. The van der Waals surface area contributed by atoms with Crippen LogP contribution >= 0.6 is 0 Å². The molecular formula is C20H28N2O5. The number of hydrogen-bond donors (Lipinski definition) is 0. The molecule has 3 heterocycles. The van der Waals surface area contributed by atoms with Crippen LogP contribution in [-0.4, -0.2) is 80.4 Å². The van der Waals surface area contributed by atoms with Crippen LogP contribution in [0.25, 0.3) is 0 Å². The lowest BCUT2D eigenvalue weighted by Crippen LogP contribution is -2.55. The summed E-state index contributed by atoms with van der Waals surface area (Å²) < 4.78 is 16.6. The Balaban J connectivity index is 1.51. The van der Waals surface area contributed by atoms with Crippen molar-refractivity contribution in [1.29, 1.82) is 0 Å². The molecule has 0 aromatic heterocycles. The molecule has 0 bridgehead atoms. The number of β-lactam (4-membered cyclic amide) rings is 1. The van der Waals surface area contributed by atoms with Gasteiger partial charge in [0, 0.05) is 38.2 Å². The molecule has 27 heavy (non-hydrogen) atoms. The number of methoxy groups -OCH3 is 1. The molecule has 1 aliphatic carbocycles. The number of fused-ring (bicyclic) bond motifs is 3. The highest BCUT2D eigenvalue weighted by molar-refractivity contribution is 6.09. The van der Waals surface area contributed by atoms with Crippen molar-refractivity contribution in [1.82, 2.24) is 9.80 Å². The maximum atomic E-state index is 12.9. The van der Waals surface area contributed by atoms with Crippen LogP contribution in [0.1, 0.15) is 26.2 Å². The minimum absolute atomic E-state index is 0.0164. The fourth-order valence-electron chi connectivity index (χ4n) is 4.89. The molecule has 0 aromatic rings. The summed E-state index contributed by atoms with van der Waals surface area (Å²) in [6, 6.07) is -0.0164. The average molecular weight is 376 g/mol. The minimum atomic E-state index is -0.391. The van der Waals surface area contributed by atoms with Crippen LogP contribution in [0.5, 0.6) is 0 Å². The zero-order chi connectivity index (χ0) is 19.0. The summed E-state index contributed by atoms with van der Waals surface area (Å²) in [6.45, 7) is 6.05. The van der Waals surface area contributed by atoms with Crippen LogP contribution in [0.4, 0.5) is 0 Å². The van der Waals surface area contributed by atoms with Gasteiger partial charge in [0.15, 0.2) is 0 Å². The predicted molar refractivity (Wildman–Crippen MR) is 97.8 cm³/mol. The Labute approximate surface area is 159 Å². The van der Waals surface area contributed by atoms with Gasteiger partial charge in [0.25, 0.3) is 5.91 Å². The monoisotopic (exact) mass is 376 g/mol. The molecule has 0 spiro atoms. The van der Waals surface area contributed by atoms with E-state index in [-0.39, 0.29) is 24.0 Å². The van der Waals surface area contributed by atoms with Gasteiger partial charge in [0.05, 0.1) is 25.4 Å². The normalized spacial score (nSPS) is 32.4. The maximum absolute atomic E-state index is 12.9. The van der Waals surface area contributed by atoms with E-state index in [4.69, 9.17) is 14.2 Å². The lowest BCUT2D eigenvalue weighted by atomic mass is 9.75. The maximum Gasteiger partial charge on any atom is 0.355 e. The summed E-state index contributed by atoms with van der Waals surface area (Å²) in [7, 11) is 1.68. The Morgan fingerprint density at radius 1 is 1.30 bits per heavy atom. The molecule has 1 saturated carbocycles. The molecule has 0 aromatic carbocycles. The zero-order valence-corrected chi connectivity index (χ0v) is 16.1. The summed E-state index contributed by atoms with van der Waals surface area (Å²) in [5, 5.41) is 0. The van der Waals surface area contributed by atoms with Crippen LogP contribution in [-0.2, 0) is 23.8 Å². The largest absolute Gasteiger partial charge is 0.460 e. The molecule has 3 fully saturated rings. The highest BCUT2D eigenvalue weighted by atomic mass is 16.5. The average Bonchev–Trinajstić information content (AvgIpc) is 3.00. The number of nitrogens with zero attached hydrogens (tertiary/aromatic N) is 2. The first kappa shape index (κ1) is 18.7. The van der Waals surface area contributed by atoms with Gasteiger partial charge in [0.1, 0.15) is 12.3 Å². The molecule has 4 rings (SSSR count). The number of amides is 1. The summed E-state index contributed by atoms with van der Waals surface area (Å²) >= 11 is 0. The van der Waals surface area contributed by atoms with Crippen LogP contribution < -0.4 is 0 Å². The Kier molecular flexibility index (Phi) is 5.34. The highest BCUT2D eigenvalue weighted by Crippen LogP contribution is 2.51. The first-order chi connectivity index (χ1) is 13.2. The van der Waals surface area contributed by atoms with Gasteiger partial charge < -0.3 is 14.2 Å². The quantitative estimate of drug-likeness (QED) is 0.407.